The zero-order valence-corrected chi connectivity index (χ0v) is 17.7. The fourth-order valence-corrected chi connectivity index (χ4v) is 3.31. The predicted octanol–water partition coefficient (Wildman–Crippen LogP) is 4.75. The molecule has 156 valence electrons. The van der Waals surface area contributed by atoms with Gasteiger partial charge in [0.2, 0.25) is 11.8 Å². The molecule has 2 amide bonds. The van der Waals surface area contributed by atoms with Gasteiger partial charge in [-0.3, -0.25) is 9.59 Å². The number of carbonyl (C=O) groups is 2. The Morgan fingerprint density at radius 3 is 2.41 bits per heavy atom. The van der Waals surface area contributed by atoms with Crippen molar-refractivity contribution in [2.75, 3.05) is 6.54 Å². The average molecular weight is 419 g/mol. The quantitative estimate of drug-likeness (QED) is 0.566. The van der Waals surface area contributed by atoms with Gasteiger partial charge in [0.05, 0.1) is 6.42 Å². The number of benzene rings is 2. The largest absolute Gasteiger partial charge is 0.354 e. The van der Waals surface area contributed by atoms with Crippen LogP contribution in [0.3, 0.4) is 0 Å². The van der Waals surface area contributed by atoms with Gasteiger partial charge in [-0.1, -0.05) is 62.2 Å². The fourth-order valence-electron chi connectivity index (χ4n) is 3.11. The van der Waals surface area contributed by atoms with E-state index in [2.05, 4.69) is 12.2 Å². The molecule has 2 rings (SSSR count). The fraction of sp³-hybridized carbons (Fsp3) is 0.391. The minimum Gasteiger partial charge on any atom is -0.354 e. The van der Waals surface area contributed by atoms with E-state index in [0.717, 1.165) is 18.4 Å². The molecular formula is C23H28ClFN2O2. The summed E-state index contributed by atoms with van der Waals surface area (Å²) < 4.78 is 13.2. The van der Waals surface area contributed by atoms with E-state index in [1.165, 1.54) is 12.1 Å². The van der Waals surface area contributed by atoms with Gasteiger partial charge >= 0.3 is 0 Å². The Labute approximate surface area is 177 Å². The summed E-state index contributed by atoms with van der Waals surface area (Å²) in [5.74, 6) is -0.717. The van der Waals surface area contributed by atoms with Crippen LogP contribution in [0.25, 0.3) is 0 Å². The molecule has 0 heterocycles. The maximum Gasteiger partial charge on any atom is 0.242 e. The number of nitrogens with one attached hydrogen (secondary N) is 1. The van der Waals surface area contributed by atoms with Crippen molar-refractivity contribution in [1.82, 2.24) is 10.2 Å². The Morgan fingerprint density at radius 1 is 1.10 bits per heavy atom. The lowest BCUT2D eigenvalue weighted by molar-refractivity contribution is -0.140. The van der Waals surface area contributed by atoms with E-state index in [4.69, 9.17) is 11.6 Å². The van der Waals surface area contributed by atoms with Crippen LogP contribution in [0.2, 0.25) is 5.02 Å². The van der Waals surface area contributed by atoms with Gasteiger partial charge in [-0.2, -0.15) is 0 Å². The zero-order valence-electron chi connectivity index (χ0n) is 17.0. The highest BCUT2D eigenvalue weighted by Gasteiger charge is 2.28. The van der Waals surface area contributed by atoms with Crippen molar-refractivity contribution in [1.29, 1.82) is 0 Å². The maximum atomic E-state index is 13.2. The molecule has 4 nitrogen and oxygen atoms in total. The lowest BCUT2D eigenvalue weighted by Gasteiger charge is -2.31. The van der Waals surface area contributed by atoms with Crippen LogP contribution in [-0.2, 0) is 22.6 Å². The zero-order chi connectivity index (χ0) is 21.2. The van der Waals surface area contributed by atoms with E-state index in [9.17, 15) is 14.0 Å². The van der Waals surface area contributed by atoms with Crippen LogP contribution in [-0.4, -0.2) is 29.3 Å². The summed E-state index contributed by atoms with van der Waals surface area (Å²) in [7, 11) is 0. The van der Waals surface area contributed by atoms with E-state index in [0.29, 0.717) is 23.6 Å². The van der Waals surface area contributed by atoms with Crippen LogP contribution in [0.5, 0.6) is 0 Å². The van der Waals surface area contributed by atoms with Crippen molar-refractivity contribution >= 4 is 23.4 Å². The topological polar surface area (TPSA) is 49.4 Å². The summed E-state index contributed by atoms with van der Waals surface area (Å²) in [5, 5.41) is 3.48. The molecule has 0 saturated heterocycles. The summed E-state index contributed by atoms with van der Waals surface area (Å²) in [4.78, 5) is 27.5. The van der Waals surface area contributed by atoms with Gasteiger partial charge in [0, 0.05) is 18.1 Å². The number of hydrogen-bond donors (Lipinski definition) is 1. The van der Waals surface area contributed by atoms with Crippen molar-refractivity contribution in [3.05, 3.63) is 70.5 Å². The second-order valence-electron chi connectivity index (χ2n) is 6.98. The van der Waals surface area contributed by atoms with Crippen molar-refractivity contribution in [3.8, 4) is 0 Å². The van der Waals surface area contributed by atoms with Gasteiger partial charge in [0.15, 0.2) is 0 Å². The average Bonchev–Trinajstić information content (AvgIpc) is 2.71. The van der Waals surface area contributed by atoms with Gasteiger partial charge in [-0.15, -0.1) is 0 Å². The smallest absolute Gasteiger partial charge is 0.242 e. The maximum absolute atomic E-state index is 13.2. The van der Waals surface area contributed by atoms with Crippen LogP contribution in [0, 0.1) is 5.82 Å². The van der Waals surface area contributed by atoms with Crippen LogP contribution in [0.15, 0.2) is 48.5 Å². The third-order valence-electron chi connectivity index (χ3n) is 4.78. The van der Waals surface area contributed by atoms with E-state index in [1.54, 1.807) is 23.1 Å². The predicted molar refractivity (Wildman–Crippen MR) is 114 cm³/mol. The number of unbranched alkanes of at least 4 members (excludes halogenated alkanes) is 1. The van der Waals surface area contributed by atoms with E-state index in [-0.39, 0.29) is 30.6 Å². The molecule has 1 N–H and O–H groups in total. The van der Waals surface area contributed by atoms with Gasteiger partial charge in [0.25, 0.3) is 0 Å². The number of rotatable bonds is 10. The Kier molecular flexibility index (Phi) is 9.13. The number of nitrogens with zero attached hydrogens (tertiary/aromatic N) is 1. The molecule has 2 aromatic carbocycles. The second-order valence-corrected chi connectivity index (χ2v) is 7.39. The molecule has 1 atom stereocenters. The SMILES string of the molecule is CCCCNC(=O)[C@H](CC)N(Cc1ccccc1Cl)C(=O)Cc1ccc(F)cc1. The molecule has 29 heavy (non-hydrogen) atoms. The molecule has 0 fully saturated rings. The Morgan fingerprint density at radius 2 is 1.79 bits per heavy atom. The van der Waals surface area contributed by atoms with Crippen LogP contribution < -0.4 is 5.32 Å². The van der Waals surface area contributed by atoms with Gasteiger partial charge in [0.1, 0.15) is 11.9 Å². The highest BCUT2D eigenvalue weighted by Crippen LogP contribution is 2.20. The molecular weight excluding hydrogens is 391 g/mol. The third kappa shape index (κ3) is 6.86. The first-order valence-electron chi connectivity index (χ1n) is 10.0. The first kappa shape index (κ1) is 22.9. The minimum atomic E-state index is -0.601. The monoisotopic (exact) mass is 418 g/mol. The van der Waals surface area contributed by atoms with Gasteiger partial charge < -0.3 is 10.2 Å². The third-order valence-corrected chi connectivity index (χ3v) is 5.15. The van der Waals surface area contributed by atoms with E-state index >= 15 is 0 Å². The van der Waals surface area contributed by atoms with Crippen molar-refractivity contribution in [3.63, 3.8) is 0 Å². The number of halogens is 2. The molecule has 0 aliphatic carbocycles. The summed E-state index contributed by atoms with van der Waals surface area (Å²) in [6.45, 7) is 4.76. The first-order valence-corrected chi connectivity index (χ1v) is 10.4. The molecule has 0 bridgehead atoms. The van der Waals surface area contributed by atoms with Gasteiger partial charge in [-0.25, -0.2) is 4.39 Å². The van der Waals surface area contributed by atoms with Crippen molar-refractivity contribution < 1.29 is 14.0 Å². The van der Waals surface area contributed by atoms with Crippen molar-refractivity contribution in [2.45, 2.75) is 52.1 Å². The summed E-state index contributed by atoms with van der Waals surface area (Å²) in [5.41, 5.74) is 1.48. The molecule has 0 radical (unpaired) electrons. The number of carbonyl (C=O) groups excluding carboxylic acids is 2. The lowest BCUT2D eigenvalue weighted by Crippen LogP contribution is -2.49. The minimum absolute atomic E-state index is 0.0868. The van der Waals surface area contributed by atoms with Crippen molar-refractivity contribution in [2.24, 2.45) is 0 Å². The Bertz CT molecular complexity index is 811. The number of amides is 2. The summed E-state index contributed by atoms with van der Waals surface area (Å²) >= 11 is 6.30. The molecule has 0 spiro atoms. The Balaban J connectivity index is 2.25. The normalized spacial score (nSPS) is 11.7. The molecule has 0 unspecified atom stereocenters. The molecule has 0 aliphatic rings. The highest BCUT2D eigenvalue weighted by atomic mass is 35.5. The number of hydrogen-bond acceptors (Lipinski definition) is 2. The van der Waals surface area contributed by atoms with E-state index in [1.807, 2.05) is 25.1 Å². The van der Waals surface area contributed by atoms with Crippen LogP contribution in [0.4, 0.5) is 4.39 Å². The highest BCUT2D eigenvalue weighted by molar-refractivity contribution is 6.31. The van der Waals surface area contributed by atoms with Crippen LogP contribution in [0.1, 0.15) is 44.2 Å². The van der Waals surface area contributed by atoms with Gasteiger partial charge in [-0.05, 0) is 42.2 Å². The second kappa shape index (κ2) is 11.6. The summed E-state index contributed by atoms with van der Waals surface area (Å²) in [6.07, 6.45) is 2.43. The molecule has 6 heteroatoms. The molecule has 0 saturated carbocycles. The Hall–Kier alpha value is -2.40. The lowest BCUT2D eigenvalue weighted by atomic mass is 10.1. The first-order chi connectivity index (χ1) is 14.0. The standard InChI is InChI=1S/C23H28ClFN2O2/c1-3-5-14-26-23(29)21(4-2)27(16-18-8-6-7-9-20(18)24)22(28)15-17-10-12-19(25)13-11-17/h6-13,21H,3-5,14-16H2,1-2H3,(H,26,29)/t21-/m0/s1. The summed E-state index contributed by atoms with van der Waals surface area (Å²) in [6, 6.07) is 12.5. The van der Waals surface area contributed by atoms with E-state index < -0.39 is 6.04 Å². The molecule has 0 aromatic heterocycles. The van der Waals surface area contributed by atoms with Crippen LogP contribution >= 0.6 is 11.6 Å². The molecule has 0 aliphatic heterocycles. The molecule has 2 aromatic rings.